The minimum atomic E-state index is -0.473. The quantitative estimate of drug-likeness (QED) is 0.755. The predicted molar refractivity (Wildman–Crippen MR) is 83.4 cm³/mol. The van der Waals surface area contributed by atoms with Crippen molar-refractivity contribution in [1.82, 2.24) is 4.90 Å². The summed E-state index contributed by atoms with van der Waals surface area (Å²) in [4.78, 5) is 13.4. The molecule has 0 unspecified atom stereocenters. The van der Waals surface area contributed by atoms with Gasteiger partial charge in [0.2, 0.25) is 0 Å². The zero-order valence-electron chi connectivity index (χ0n) is 12.0. The van der Waals surface area contributed by atoms with Gasteiger partial charge in [-0.05, 0) is 61.1 Å². The van der Waals surface area contributed by atoms with Gasteiger partial charge in [0.05, 0.1) is 10.7 Å². The van der Waals surface area contributed by atoms with Crippen molar-refractivity contribution in [2.75, 3.05) is 14.2 Å². The van der Waals surface area contributed by atoms with Crippen LogP contribution in [-0.2, 0) is 11.3 Å². The third-order valence-corrected chi connectivity index (χ3v) is 3.18. The van der Waals surface area contributed by atoms with Crippen LogP contribution in [0.2, 0.25) is 0 Å². The van der Waals surface area contributed by atoms with Crippen LogP contribution in [0.25, 0.3) is 0 Å². The van der Waals surface area contributed by atoms with Gasteiger partial charge in [0, 0.05) is 13.6 Å². The highest BCUT2D eigenvalue weighted by molar-refractivity contribution is 14.1. The molecule has 0 aliphatic rings. The summed E-state index contributed by atoms with van der Waals surface area (Å²) >= 11 is 2.21. The Balaban J connectivity index is 2.69. The summed E-state index contributed by atoms with van der Waals surface area (Å²) in [5.74, 6) is 0.837. The van der Waals surface area contributed by atoms with Gasteiger partial charge in [-0.3, -0.25) is 0 Å². The van der Waals surface area contributed by atoms with E-state index in [9.17, 15) is 4.79 Å². The van der Waals surface area contributed by atoms with Crippen LogP contribution < -0.4 is 4.74 Å². The highest BCUT2D eigenvalue weighted by atomic mass is 127. The van der Waals surface area contributed by atoms with Crippen LogP contribution in [0.4, 0.5) is 4.79 Å². The van der Waals surface area contributed by atoms with Gasteiger partial charge < -0.3 is 14.4 Å². The van der Waals surface area contributed by atoms with Crippen LogP contribution in [-0.4, -0.2) is 30.8 Å². The molecule has 106 valence electrons. The molecule has 0 spiro atoms. The molecule has 0 aliphatic carbocycles. The molecular weight excluding hydrogens is 357 g/mol. The van der Waals surface area contributed by atoms with Crippen LogP contribution in [0, 0.1) is 3.57 Å². The molecule has 1 aromatic rings. The fourth-order valence-electron chi connectivity index (χ4n) is 1.49. The molecule has 1 rings (SSSR count). The van der Waals surface area contributed by atoms with E-state index in [2.05, 4.69) is 22.6 Å². The highest BCUT2D eigenvalue weighted by Gasteiger charge is 2.19. The van der Waals surface area contributed by atoms with E-state index in [0.717, 1.165) is 14.9 Å². The van der Waals surface area contributed by atoms with E-state index >= 15 is 0 Å². The van der Waals surface area contributed by atoms with Gasteiger partial charge in [-0.1, -0.05) is 6.07 Å². The smallest absolute Gasteiger partial charge is 0.410 e. The number of hydrogen-bond acceptors (Lipinski definition) is 3. The van der Waals surface area contributed by atoms with E-state index in [1.165, 1.54) is 0 Å². The minimum absolute atomic E-state index is 0.321. The summed E-state index contributed by atoms with van der Waals surface area (Å²) in [5.41, 5.74) is 0.568. The van der Waals surface area contributed by atoms with Crippen LogP contribution in [0.15, 0.2) is 18.2 Å². The van der Waals surface area contributed by atoms with Crippen molar-refractivity contribution in [2.24, 2.45) is 0 Å². The molecule has 0 bridgehead atoms. The molecule has 1 amide bonds. The van der Waals surface area contributed by atoms with E-state index in [4.69, 9.17) is 9.47 Å². The first-order valence-electron chi connectivity index (χ1n) is 5.99. The highest BCUT2D eigenvalue weighted by Crippen LogP contribution is 2.22. The van der Waals surface area contributed by atoms with E-state index < -0.39 is 5.60 Å². The third kappa shape index (κ3) is 5.26. The molecule has 0 aromatic heterocycles. The van der Waals surface area contributed by atoms with E-state index in [1.54, 1.807) is 19.1 Å². The zero-order valence-corrected chi connectivity index (χ0v) is 14.1. The van der Waals surface area contributed by atoms with Crippen LogP contribution >= 0.6 is 22.6 Å². The number of methoxy groups -OCH3 is 1. The molecular formula is C14H20INO3. The van der Waals surface area contributed by atoms with E-state index in [0.29, 0.717) is 6.54 Å². The van der Waals surface area contributed by atoms with Crippen molar-refractivity contribution in [1.29, 1.82) is 0 Å². The first kappa shape index (κ1) is 16.1. The Bertz CT molecular complexity index is 454. The summed E-state index contributed by atoms with van der Waals surface area (Å²) in [5, 5.41) is 0. The second-order valence-corrected chi connectivity index (χ2v) is 6.47. The number of halogens is 1. The van der Waals surface area contributed by atoms with Crippen LogP contribution in [0.3, 0.4) is 0 Å². The van der Waals surface area contributed by atoms with Crippen molar-refractivity contribution in [3.05, 3.63) is 27.3 Å². The summed E-state index contributed by atoms with van der Waals surface area (Å²) in [7, 11) is 3.37. The first-order valence-corrected chi connectivity index (χ1v) is 7.07. The SMILES string of the molecule is COc1ccc(CN(C)C(=O)OC(C)(C)C)cc1I. The molecule has 0 saturated carbocycles. The lowest BCUT2D eigenvalue weighted by Gasteiger charge is -2.24. The fourth-order valence-corrected chi connectivity index (χ4v) is 2.29. The first-order chi connectivity index (χ1) is 8.73. The number of ether oxygens (including phenoxy) is 2. The molecule has 0 radical (unpaired) electrons. The Morgan fingerprint density at radius 1 is 1.37 bits per heavy atom. The van der Waals surface area contributed by atoms with E-state index in [1.807, 2.05) is 39.0 Å². The summed E-state index contributed by atoms with van der Waals surface area (Å²) < 4.78 is 11.5. The van der Waals surface area contributed by atoms with Crippen LogP contribution in [0.5, 0.6) is 5.75 Å². The number of nitrogens with zero attached hydrogens (tertiary/aromatic N) is 1. The molecule has 0 atom stereocenters. The molecule has 19 heavy (non-hydrogen) atoms. The average Bonchev–Trinajstić information content (AvgIpc) is 2.27. The number of rotatable bonds is 3. The number of amides is 1. The van der Waals surface area contributed by atoms with Gasteiger partial charge in [-0.15, -0.1) is 0 Å². The third-order valence-electron chi connectivity index (χ3n) is 2.34. The van der Waals surface area contributed by atoms with Gasteiger partial charge in [-0.25, -0.2) is 4.79 Å². The molecule has 4 nitrogen and oxygen atoms in total. The summed E-state index contributed by atoms with van der Waals surface area (Å²) in [6.45, 7) is 6.08. The predicted octanol–water partition coefficient (Wildman–Crippen LogP) is 3.67. The molecule has 0 heterocycles. The van der Waals surface area contributed by atoms with Crippen molar-refractivity contribution in [3.8, 4) is 5.75 Å². The van der Waals surface area contributed by atoms with Crippen molar-refractivity contribution < 1.29 is 14.3 Å². The second kappa shape index (κ2) is 6.45. The average molecular weight is 377 g/mol. The van der Waals surface area contributed by atoms with E-state index in [-0.39, 0.29) is 6.09 Å². The monoisotopic (exact) mass is 377 g/mol. The largest absolute Gasteiger partial charge is 0.496 e. The van der Waals surface area contributed by atoms with Gasteiger partial charge in [-0.2, -0.15) is 0 Å². The number of benzene rings is 1. The topological polar surface area (TPSA) is 38.8 Å². The van der Waals surface area contributed by atoms with Crippen LogP contribution in [0.1, 0.15) is 26.3 Å². The second-order valence-electron chi connectivity index (χ2n) is 5.31. The lowest BCUT2D eigenvalue weighted by molar-refractivity contribution is 0.0285. The molecule has 0 fully saturated rings. The Labute approximate surface area is 128 Å². The maximum Gasteiger partial charge on any atom is 0.410 e. The lowest BCUT2D eigenvalue weighted by atomic mass is 10.2. The number of hydrogen-bond donors (Lipinski definition) is 0. The number of carbonyl (C=O) groups is 1. The molecule has 0 aliphatic heterocycles. The van der Waals surface area contributed by atoms with Crippen molar-refractivity contribution in [3.63, 3.8) is 0 Å². The standard InChI is InChI=1S/C14H20INO3/c1-14(2,3)19-13(17)16(4)9-10-6-7-12(18-5)11(15)8-10/h6-8H,9H2,1-5H3. The zero-order chi connectivity index (χ0) is 14.6. The Hall–Kier alpha value is -0.980. The maximum absolute atomic E-state index is 11.8. The fraction of sp³-hybridized carbons (Fsp3) is 0.500. The summed E-state index contributed by atoms with van der Waals surface area (Å²) in [6, 6.07) is 5.85. The number of carbonyl (C=O) groups excluding carboxylic acids is 1. The van der Waals surface area contributed by atoms with Gasteiger partial charge in [0.15, 0.2) is 0 Å². The molecule has 0 N–H and O–H groups in total. The summed E-state index contributed by atoms with van der Waals surface area (Å²) in [6.07, 6.45) is -0.321. The Morgan fingerprint density at radius 3 is 2.47 bits per heavy atom. The molecule has 0 saturated heterocycles. The van der Waals surface area contributed by atoms with Crippen molar-refractivity contribution >= 4 is 28.7 Å². The minimum Gasteiger partial charge on any atom is -0.496 e. The molecule has 1 aromatic carbocycles. The van der Waals surface area contributed by atoms with Crippen molar-refractivity contribution in [2.45, 2.75) is 32.9 Å². The Kier molecular flexibility index (Phi) is 5.46. The molecule has 5 heteroatoms. The Morgan fingerprint density at radius 2 is 2.00 bits per heavy atom. The normalized spacial score (nSPS) is 11.1. The van der Waals surface area contributed by atoms with Gasteiger partial charge in [0.1, 0.15) is 11.4 Å². The maximum atomic E-state index is 11.8. The van der Waals surface area contributed by atoms with Gasteiger partial charge >= 0.3 is 6.09 Å². The van der Waals surface area contributed by atoms with Gasteiger partial charge in [0.25, 0.3) is 0 Å². The lowest BCUT2D eigenvalue weighted by Crippen LogP contribution is -2.33.